The molecule has 1 amide bonds. The second kappa shape index (κ2) is 7.86. The Bertz CT molecular complexity index is 556. The number of halogens is 2. The van der Waals surface area contributed by atoms with Gasteiger partial charge in [0.15, 0.2) is 0 Å². The minimum absolute atomic E-state index is 0. The van der Waals surface area contributed by atoms with E-state index >= 15 is 0 Å². The van der Waals surface area contributed by atoms with Crippen LogP contribution in [-0.4, -0.2) is 25.1 Å². The number of hydrogen-bond donors (Lipinski definition) is 2. The molecule has 0 saturated heterocycles. The number of carbonyl (C=O) groups excluding carboxylic acids is 1. The molecule has 0 heterocycles. The molecule has 2 fully saturated rings. The van der Waals surface area contributed by atoms with Crippen molar-refractivity contribution in [3.63, 3.8) is 0 Å². The third-order valence-corrected chi connectivity index (χ3v) is 5.71. The molecule has 0 aromatic heterocycles. The molecule has 128 valence electrons. The van der Waals surface area contributed by atoms with E-state index in [4.69, 9.17) is 10.5 Å². The van der Waals surface area contributed by atoms with Crippen molar-refractivity contribution in [2.24, 2.45) is 17.6 Å². The van der Waals surface area contributed by atoms with E-state index in [1.54, 1.807) is 7.11 Å². The molecule has 3 rings (SSSR count). The van der Waals surface area contributed by atoms with Gasteiger partial charge in [0.25, 0.3) is 5.91 Å². The Labute approximate surface area is 152 Å². The molecule has 2 bridgehead atoms. The molecule has 2 aliphatic rings. The second-order valence-corrected chi connectivity index (χ2v) is 7.39. The molecule has 0 radical (unpaired) electrons. The lowest BCUT2D eigenvalue weighted by molar-refractivity contribution is 0.0756. The summed E-state index contributed by atoms with van der Waals surface area (Å²) in [5.41, 5.74) is 6.82. The highest BCUT2D eigenvalue weighted by molar-refractivity contribution is 9.10. The molecule has 2 saturated carbocycles. The Kier molecular flexibility index (Phi) is 6.34. The highest BCUT2D eigenvalue weighted by atomic mass is 79.9. The number of carbonyl (C=O) groups is 1. The van der Waals surface area contributed by atoms with E-state index in [0.29, 0.717) is 23.4 Å². The van der Waals surface area contributed by atoms with Gasteiger partial charge in [-0.15, -0.1) is 12.4 Å². The van der Waals surface area contributed by atoms with Gasteiger partial charge in [0.05, 0.1) is 11.6 Å². The van der Waals surface area contributed by atoms with E-state index in [0.717, 1.165) is 23.1 Å². The summed E-state index contributed by atoms with van der Waals surface area (Å²) in [5, 5.41) is 3.27. The fraction of sp³-hybridized carbons (Fsp3) is 0.588. The van der Waals surface area contributed by atoms with Crippen LogP contribution < -0.4 is 15.8 Å². The number of rotatable bonds is 3. The van der Waals surface area contributed by atoms with Gasteiger partial charge in [-0.2, -0.15) is 0 Å². The lowest BCUT2D eigenvalue weighted by Gasteiger charge is -2.45. The number of methoxy groups -OCH3 is 1. The maximum Gasteiger partial charge on any atom is 0.251 e. The molecule has 1 aromatic carbocycles. The quantitative estimate of drug-likeness (QED) is 0.811. The first kappa shape index (κ1) is 18.6. The standard InChI is InChI=1S/C17H23BrN2O2.ClH/c1-22-15-6-5-12(9-14(15)18)17(21)20-16-10-3-2-4-11(16)8-13(19)7-10;/h5-6,9-11,13,16H,2-4,7-8,19H2,1H3,(H,20,21);1H. The van der Waals surface area contributed by atoms with Crippen LogP contribution in [0.5, 0.6) is 5.75 Å². The first-order valence-electron chi connectivity index (χ1n) is 7.98. The zero-order valence-corrected chi connectivity index (χ0v) is 15.7. The van der Waals surface area contributed by atoms with Gasteiger partial charge < -0.3 is 15.8 Å². The van der Waals surface area contributed by atoms with Crippen LogP contribution in [0.4, 0.5) is 0 Å². The SMILES string of the molecule is COc1ccc(C(=O)NC2C3CCCC2CC(N)C3)cc1Br.Cl. The van der Waals surface area contributed by atoms with Crippen molar-refractivity contribution in [3.8, 4) is 5.75 Å². The molecule has 0 spiro atoms. The minimum Gasteiger partial charge on any atom is -0.496 e. The third kappa shape index (κ3) is 4.01. The smallest absolute Gasteiger partial charge is 0.251 e. The average Bonchev–Trinajstić information content (AvgIpc) is 2.48. The molecule has 23 heavy (non-hydrogen) atoms. The fourth-order valence-corrected chi connectivity index (χ4v) is 4.61. The van der Waals surface area contributed by atoms with Crippen molar-refractivity contribution in [2.75, 3.05) is 7.11 Å². The summed E-state index contributed by atoms with van der Waals surface area (Å²) < 4.78 is 6.01. The van der Waals surface area contributed by atoms with E-state index in [1.165, 1.54) is 19.3 Å². The predicted molar refractivity (Wildman–Crippen MR) is 97.2 cm³/mol. The summed E-state index contributed by atoms with van der Waals surface area (Å²) in [7, 11) is 1.62. The Morgan fingerprint density at radius 2 is 1.96 bits per heavy atom. The van der Waals surface area contributed by atoms with E-state index < -0.39 is 0 Å². The van der Waals surface area contributed by atoms with Crippen LogP contribution in [0.2, 0.25) is 0 Å². The van der Waals surface area contributed by atoms with Gasteiger partial charge in [-0.3, -0.25) is 4.79 Å². The highest BCUT2D eigenvalue weighted by Crippen LogP contribution is 2.39. The van der Waals surface area contributed by atoms with Crippen molar-refractivity contribution in [1.82, 2.24) is 5.32 Å². The number of fused-ring (bicyclic) bond motifs is 2. The molecule has 2 unspecified atom stereocenters. The Morgan fingerprint density at radius 3 is 2.52 bits per heavy atom. The molecule has 2 aliphatic carbocycles. The summed E-state index contributed by atoms with van der Waals surface area (Å²) in [6.07, 6.45) is 5.70. The molecule has 4 nitrogen and oxygen atoms in total. The number of ether oxygens (including phenoxy) is 1. The Balaban J connectivity index is 0.00000192. The second-order valence-electron chi connectivity index (χ2n) is 6.53. The number of hydrogen-bond acceptors (Lipinski definition) is 3. The zero-order valence-electron chi connectivity index (χ0n) is 13.3. The first-order valence-corrected chi connectivity index (χ1v) is 8.77. The topological polar surface area (TPSA) is 64.3 Å². The van der Waals surface area contributed by atoms with Gasteiger partial charge >= 0.3 is 0 Å². The van der Waals surface area contributed by atoms with Crippen LogP contribution in [-0.2, 0) is 0 Å². The Hall–Kier alpha value is -0.780. The summed E-state index contributed by atoms with van der Waals surface area (Å²) >= 11 is 3.44. The maximum atomic E-state index is 12.6. The summed E-state index contributed by atoms with van der Waals surface area (Å²) in [4.78, 5) is 12.6. The van der Waals surface area contributed by atoms with Crippen molar-refractivity contribution < 1.29 is 9.53 Å². The van der Waals surface area contributed by atoms with E-state index in [9.17, 15) is 4.79 Å². The third-order valence-electron chi connectivity index (χ3n) is 5.09. The van der Waals surface area contributed by atoms with E-state index in [1.807, 2.05) is 18.2 Å². The summed E-state index contributed by atoms with van der Waals surface area (Å²) in [6.45, 7) is 0. The van der Waals surface area contributed by atoms with Crippen LogP contribution in [0.1, 0.15) is 42.5 Å². The molecule has 2 atom stereocenters. The van der Waals surface area contributed by atoms with E-state index in [2.05, 4.69) is 21.2 Å². The van der Waals surface area contributed by atoms with Crippen LogP contribution in [0.3, 0.4) is 0 Å². The van der Waals surface area contributed by atoms with Gasteiger partial charge in [-0.05, 0) is 71.6 Å². The van der Waals surface area contributed by atoms with Crippen molar-refractivity contribution in [3.05, 3.63) is 28.2 Å². The summed E-state index contributed by atoms with van der Waals surface area (Å²) in [5.74, 6) is 1.80. The maximum absolute atomic E-state index is 12.6. The molecular formula is C17H24BrClN2O2. The first-order chi connectivity index (χ1) is 10.6. The van der Waals surface area contributed by atoms with Crippen molar-refractivity contribution >= 4 is 34.2 Å². The highest BCUT2D eigenvalue weighted by Gasteiger charge is 2.39. The van der Waals surface area contributed by atoms with E-state index in [-0.39, 0.29) is 24.4 Å². The van der Waals surface area contributed by atoms with Gasteiger partial charge in [-0.1, -0.05) is 6.42 Å². The normalized spacial score (nSPS) is 29.3. The predicted octanol–water partition coefficient (Wildman–Crippen LogP) is 3.52. The van der Waals surface area contributed by atoms with Crippen LogP contribution >= 0.6 is 28.3 Å². The zero-order chi connectivity index (χ0) is 15.7. The van der Waals surface area contributed by atoms with Crippen molar-refractivity contribution in [1.29, 1.82) is 0 Å². The number of nitrogens with one attached hydrogen (secondary N) is 1. The van der Waals surface area contributed by atoms with Gasteiger partial charge in [0.1, 0.15) is 5.75 Å². The number of amides is 1. The average molecular weight is 404 g/mol. The monoisotopic (exact) mass is 402 g/mol. The fourth-order valence-electron chi connectivity index (χ4n) is 4.07. The number of nitrogens with two attached hydrogens (primary N) is 1. The van der Waals surface area contributed by atoms with Gasteiger partial charge in [0.2, 0.25) is 0 Å². The van der Waals surface area contributed by atoms with Crippen LogP contribution in [0.25, 0.3) is 0 Å². The minimum atomic E-state index is 0. The lowest BCUT2D eigenvalue weighted by Crippen LogP contribution is -2.53. The lowest BCUT2D eigenvalue weighted by atomic mass is 9.67. The molecule has 3 N–H and O–H groups in total. The van der Waals surface area contributed by atoms with Gasteiger partial charge in [0, 0.05) is 17.6 Å². The van der Waals surface area contributed by atoms with Crippen LogP contribution in [0, 0.1) is 11.8 Å². The largest absolute Gasteiger partial charge is 0.496 e. The molecule has 6 heteroatoms. The molecule has 0 aliphatic heterocycles. The number of benzene rings is 1. The molecule has 1 aromatic rings. The van der Waals surface area contributed by atoms with Crippen molar-refractivity contribution in [2.45, 2.75) is 44.2 Å². The van der Waals surface area contributed by atoms with Gasteiger partial charge in [-0.25, -0.2) is 0 Å². The Morgan fingerprint density at radius 1 is 1.30 bits per heavy atom. The summed E-state index contributed by atoms with van der Waals surface area (Å²) in [6, 6.07) is 6.03. The van der Waals surface area contributed by atoms with Crippen LogP contribution in [0.15, 0.2) is 22.7 Å². The molecular weight excluding hydrogens is 380 g/mol.